The topological polar surface area (TPSA) is 61.8 Å². The summed E-state index contributed by atoms with van der Waals surface area (Å²) in [5.41, 5.74) is 5.42. The van der Waals surface area contributed by atoms with Crippen molar-refractivity contribution in [3.05, 3.63) is 0 Å². The molecular weight excluding hydrogens is 202 g/mol. The quantitative estimate of drug-likeness (QED) is 0.239. The van der Waals surface area contributed by atoms with Gasteiger partial charge in [0.05, 0.1) is 0 Å². The molecule has 1 unspecified atom stereocenters. The van der Waals surface area contributed by atoms with Crippen LogP contribution in [0.2, 0.25) is 0 Å². The zero-order valence-corrected chi connectivity index (χ0v) is 10.5. The molecule has 16 heavy (non-hydrogen) atoms. The number of unbranched alkanes of at least 4 members (excludes halogenated alkanes) is 1. The number of oxime groups is 1. The Morgan fingerprint density at radius 3 is 2.81 bits per heavy atom. The molecule has 3 N–H and O–H groups in total. The van der Waals surface area contributed by atoms with Gasteiger partial charge in [0.1, 0.15) is 5.84 Å². The van der Waals surface area contributed by atoms with E-state index in [1.807, 2.05) is 0 Å². The van der Waals surface area contributed by atoms with Gasteiger partial charge in [0.15, 0.2) is 0 Å². The largest absolute Gasteiger partial charge is 0.409 e. The molecule has 0 aromatic carbocycles. The molecule has 1 heterocycles. The summed E-state index contributed by atoms with van der Waals surface area (Å²) in [5.74, 6) is 2.03. The van der Waals surface area contributed by atoms with E-state index in [0.29, 0.717) is 12.3 Å². The van der Waals surface area contributed by atoms with Crippen molar-refractivity contribution < 1.29 is 5.21 Å². The Hall–Kier alpha value is -0.770. The Morgan fingerprint density at radius 2 is 2.25 bits per heavy atom. The van der Waals surface area contributed by atoms with E-state index in [1.165, 1.54) is 19.5 Å². The van der Waals surface area contributed by atoms with Crippen LogP contribution in [0, 0.1) is 11.8 Å². The van der Waals surface area contributed by atoms with Gasteiger partial charge in [-0.3, -0.25) is 0 Å². The highest BCUT2D eigenvalue weighted by molar-refractivity contribution is 5.79. The molecule has 0 spiro atoms. The molecule has 1 saturated heterocycles. The van der Waals surface area contributed by atoms with Crippen LogP contribution in [0.5, 0.6) is 0 Å². The molecule has 4 nitrogen and oxygen atoms in total. The van der Waals surface area contributed by atoms with Crippen molar-refractivity contribution in [2.45, 2.75) is 39.5 Å². The number of likely N-dealkylation sites (tertiary alicyclic amines) is 1. The first-order valence-electron chi connectivity index (χ1n) is 6.32. The second-order valence-corrected chi connectivity index (χ2v) is 5.14. The lowest BCUT2D eigenvalue weighted by molar-refractivity contribution is 0.297. The normalized spacial score (nSPS) is 23.2. The second kappa shape index (κ2) is 6.74. The third kappa shape index (κ3) is 4.39. The molecule has 0 saturated carbocycles. The Morgan fingerprint density at radius 1 is 1.50 bits per heavy atom. The van der Waals surface area contributed by atoms with Gasteiger partial charge >= 0.3 is 0 Å². The van der Waals surface area contributed by atoms with E-state index in [0.717, 1.165) is 31.2 Å². The lowest BCUT2D eigenvalue weighted by atomic mass is 9.95. The monoisotopic (exact) mass is 227 g/mol. The van der Waals surface area contributed by atoms with E-state index in [4.69, 9.17) is 10.9 Å². The van der Waals surface area contributed by atoms with Crippen LogP contribution in [0.3, 0.4) is 0 Å². The third-order valence-corrected chi connectivity index (χ3v) is 3.54. The first-order valence-corrected chi connectivity index (χ1v) is 6.32. The lowest BCUT2D eigenvalue weighted by Crippen LogP contribution is -2.23. The molecule has 1 atom stereocenters. The van der Waals surface area contributed by atoms with Crippen LogP contribution < -0.4 is 5.73 Å². The van der Waals surface area contributed by atoms with Crippen LogP contribution in [0.15, 0.2) is 5.16 Å². The molecule has 0 amide bonds. The summed E-state index contributed by atoms with van der Waals surface area (Å²) in [6, 6.07) is 0. The van der Waals surface area contributed by atoms with Crippen LogP contribution in [0.4, 0.5) is 0 Å². The minimum absolute atomic E-state index is 0.349. The molecule has 0 aromatic rings. The summed E-state index contributed by atoms with van der Waals surface area (Å²) < 4.78 is 0. The van der Waals surface area contributed by atoms with E-state index >= 15 is 0 Å². The van der Waals surface area contributed by atoms with Crippen molar-refractivity contribution in [2.75, 3.05) is 19.6 Å². The molecule has 1 aliphatic rings. The lowest BCUT2D eigenvalue weighted by Gasteiger charge is -2.17. The Labute approximate surface area is 98.5 Å². The first kappa shape index (κ1) is 13.3. The van der Waals surface area contributed by atoms with E-state index in [-0.39, 0.29) is 0 Å². The maximum Gasteiger partial charge on any atom is 0.139 e. The molecular formula is C12H25N3O. The van der Waals surface area contributed by atoms with Gasteiger partial charge in [-0.15, -0.1) is 0 Å². The van der Waals surface area contributed by atoms with Gasteiger partial charge in [0.2, 0.25) is 0 Å². The van der Waals surface area contributed by atoms with Crippen molar-refractivity contribution in [1.82, 2.24) is 4.90 Å². The molecule has 0 aromatic heterocycles. The highest BCUT2D eigenvalue weighted by Crippen LogP contribution is 2.23. The summed E-state index contributed by atoms with van der Waals surface area (Å²) >= 11 is 0. The predicted octanol–water partition coefficient (Wildman–Crippen LogP) is 1.88. The van der Waals surface area contributed by atoms with Gasteiger partial charge in [-0.05, 0) is 44.2 Å². The number of amidine groups is 1. The second-order valence-electron chi connectivity index (χ2n) is 5.14. The molecule has 1 rings (SSSR count). The fourth-order valence-electron chi connectivity index (χ4n) is 2.30. The van der Waals surface area contributed by atoms with Gasteiger partial charge in [-0.2, -0.15) is 0 Å². The predicted molar refractivity (Wildman–Crippen MR) is 66.6 cm³/mol. The van der Waals surface area contributed by atoms with Gasteiger partial charge in [0, 0.05) is 13.0 Å². The van der Waals surface area contributed by atoms with Gasteiger partial charge in [-0.1, -0.05) is 19.0 Å². The summed E-state index contributed by atoms with van der Waals surface area (Å²) in [4.78, 5) is 2.54. The molecule has 0 aliphatic carbocycles. The van der Waals surface area contributed by atoms with E-state index in [2.05, 4.69) is 23.9 Å². The number of rotatable bonds is 6. The molecule has 1 aliphatic heterocycles. The van der Waals surface area contributed by atoms with Gasteiger partial charge in [0.25, 0.3) is 0 Å². The Balaban J connectivity index is 2.07. The number of nitrogens with two attached hydrogens (primary N) is 1. The molecule has 94 valence electrons. The number of hydrogen-bond acceptors (Lipinski definition) is 3. The summed E-state index contributed by atoms with van der Waals surface area (Å²) in [7, 11) is 0. The van der Waals surface area contributed by atoms with Crippen LogP contribution in [0.25, 0.3) is 0 Å². The minimum Gasteiger partial charge on any atom is -0.409 e. The average molecular weight is 227 g/mol. The van der Waals surface area contributed by atoms with Crippen molar-refractivity contribution in [3.63, 3.8) is 0 Å². The third-order valence-electron chi connectivity index (χ3n) is 3.54. The van der Waals surface area contributed by atoms with Crippen molar-refractivity contribution >= 4 is 5.84 Å². The van der Waals surface area contributed by atoms with E-state index in [9.17, 15) is 0 Å². The molecule has 4 heteroatoms. The Kier molecular flexibility index (Phi) is 5.60. The number of nitrogens with zero attached hydrogens (tertiary/aromatic N) is 2. The summed E-state index contributed by atoms with van der Waals surface area (Å²) in [6.07, 6.45) is 4.20. The van der Waals surface area contributed by atoms with Crippen LogP contribution in [-0.4, -0.2) is 35.6 Å². The first-order chi connectivity index (χ1) is 7.63. The minimum atomic E-state index is 0.349. The zero-order valence-electron chi connectivity index (χ0n) is 10.5. The zero-order chi connectivity index (χ0) is 12.0. The highest BCUT2D eigenvalue weighted by Gasteiger charge is 2.23. The summed E-state index contributed by atoms with van der Waals surface area (Å²) in [6.45, 7) is 8.27. The van der Waals surface area contributed by atoms with E-state index in [1.54, 1.807) is 0 Å². The van der Waals surface area contributed by atoms with Crippen molar-refractivity contribution in [2.24, 2.45) is 22.7 Å². The average Bonchev–Trinajstić information content (AvgIpc) is 2.72. The maximum atomic E-state index is 8.39. The van der Waals surface area contributed by atoms with Crippen LogP contribution in [-0.2, 0) is 0 Å². The van der Waals surface area contributed by atoms with Gasteiger partial charge in [-0.25, -0.2) is 0 Å². The Bertz CT molecular complexity index is 228. The fourth-order valence-corrected chi connectivity index (χ4v) is 2.30. The standard InChI is InChI=1S/C12H25N3O/c1-10(2)11-6-8-15(9-11)7-4-3-5-12(13)14-16/h10-11,16H,3-9H2,1-2H3,(H2,13,14). The van der Waals surface area contributed by atoms with Crippen molar-refractivity contribution in [1.29, 1.82) is 0 Å². The molecule has 0 radical (unpaired) electrons. The maximum absolute atomic E-state index is 8.39. The SMILES string of the molecule is CC(C)C1CCN(CCCCC(N)=NO)C1. The number of hydrogen-bond donors (Lipinski definition) is 2. The van der Waals surface area contributed by atoms with Crippen LogP contribution in [0.1, 0.15) is 39.5 Å². The highest BCUT2D eigenvalue weighted by atomic mass is 16.4. The van der Waals surface area contributed by atoms with Crippen LogP contribution >= 0.6 is 0 Å². The van der Waals surface area contributed by atoms with Gasteiger partial charge < -0.3 is 15.8 Å². The summed E-state index contributed by atoms with van der Waals surface area (Å²) in [5, 5.41) is 11.4. The molecule has 1 fully saturated rings. The van der Waals surface area contributed by atoms with Crippen molar-refractivity contribution in [3.8, 4) is 0 Å². The smallest absolute Gasteiger partial charge is 0.139 e. The fraction of sp³-hybridized carbons (Fsp3) is 0.917. The molecule has 0 bridgehead atoms. The van der Waals surface area contributed by atoms with E-state index < -0.39 is 0 Å².